The Labute approximate surface area is 107 Å². The number of hydrogen-bond acceptors (Lipinski definition) is 2. The van der Waals surface area contributed by atoms with Crippen LogP contribution in [0.2, 0.25) is 0 Å². The van der Waals surface area contributed by atoms with Crippen LogP contribution in [-0.2, 0) is 0 Å². The highest BCUT2D eigenvalue weighted by Gasteiger charge is 2.19. The Bertz CT molecular complexity index is 197. The second-order valence-corrected chi connectivity index (χ2v) is 6.29. The van der Waals surface area contributed by atoms with Crippen LogP contribution in [0.3, 0.4) is 0 Å². The maximum Gasteiger partial charge on any atom is 0.00192 e. The molecule has 2 aliphatic rings. The minimum atomic E-state index is 0.911. The predicted molar refractivity (Wildman–Crippen MR) is 74.3 cm³/mol. The van der Waals surface area contributed by atoms with Crippen LogP contribution in [0.25, 0.3) is 0 Å². The summed E-state index contributed by atoms with van der Waals surface area (Å²) in [6.07, 6.45) is 11.7. The molecule has 17 heavy (non-hydrogen) atoms. The van der Waals surface area contributed by atoms with Gasteiger partial charge < -0.3 is 10.2 Å². The van der Waals surface area contributed by atoms with Crippen LogP contribution >= 0.6 is 0 Å². The maximum atomic E-state index is 3.74. The Morgan fingerprint density at radius 2 is 1.53 bits per heavy atom. The average Bonchev–Trinajstić information content (AvgIpc) is 2.67. The third-order valence-electron chi connectivity index (χ3n) is 4.58. The van der Waals surface area contributed by atoms with Crippen molar-refractivity contribution in [2.24, 2.45) is 11.8 Å². The Kier molecular flexibility index (Phi) is 5.79. The highest BCUT2D eigenvalue weighted by Crippen LogP contribution is 2.21. The third kappa shape index (κ3) is 4.97. The number of rotatable bonds is 4. The molecular formula is C15H30N2. The van der Waals surface area contributed by atoms with E-state index in [0.717, 1.165) is 11.8 Å². The van der Waals surface area contributed by atoms with E-state index in [-0.39, 0.29) is 0 Å². The van der Waals surface area contributed by atoms with Gasteiger partial charge >= 0.3 is 0 Å². The van der Waals surface area contributed by atoms with Crippen LogP contribution in [0.1, 0.15) is 51.4 Å². The molecule has 1 saturated heterocycles. The van der Waals surface area contributed by atoms with Crippen molar-refractivity contribution in [3.63, 3.8) is 0 Å². The molecule has 100 valence electrons. The quantitative estimate of drug-likeness (QED) is 0.810. The summed E-state index contributed by atoms with van der Waals surface area (Å²) < 4.78 is 0. The topological polar surface area (TPSA) is 15.3 Å². The number of nitrogens with one attached hydrogen (secondary N) is 1. The fraction of sp³-hybridized carbons (Fsp3) is 1.00. The zero-order valence-electron chi connectivity index (χ0n) is 11.6. The van der Waals surface area contributed by atoms with Crippen molar-refractivity contribution < 1.29 is 0 Å². The molecule has 0 aromatic rings. The monoisotopic (exact) mass is 238 g/mol. The molecule has 0 aromatic carbocycles. The first kappa shape index (κ1) is 13.4. The Balaban J connectivity index is 1.57. The lowest BCUT2D eigenvalue weighted by atomic mass is 9.91. The van der Waals surface area contributed by atoms with Gasteiger partial charge in [-0.1, -0.05) is 32.1 Å². The Morgan fingerprint density at radius 3 is 2.18 bits per heavy atom. The van der Waals surface area contributed by atoms with E-state index in [2.05, 4.69) is 17.3 Å². The van der Waals surface area contributed by atoms with Gasteiger partial charge in [0.15, 0.2) is 0 Å². The molecule has 2 nitrogen and oxygen atoms in total. The molecule has 1 aliphatic heterocycles. The summed E-state index contributed by atoms with van der Waals surface area (Å²) in [5.74, 6) is 1.88. The van der Waals surface area contributed by atoms with Crippen molar-refractivity contribution in [2.75, 3.05) is 33.2 Å². The third-order valence-corrected chi connectivity index (χ3v) is 4.58. The normalized spacial score (nSPS) is 29.1. The molecule has 2 fully saturated rings. The van der Waals surface area contributed by atoms with Crippen molar-refractivity contribution in [1.29, 1.82) is 0 Å². The largest absolute Gasteiger partial charge is 0.316 e. The SMILES string of the molecule is CN1CCC(CNCC2CCCCCCC2)C1. The van der Waals surface area contributed by atoms with Crippen LogP contribution in [0, 0.1) is 11.8 Å². The van der Waals surface area contributed by atoms with Gasteiger partial charge in [-0.25, -0.2) is 0 Å². The van der Waals surface area contributed by atoms with Gasteiger partial charge in [-0.2, -0.15) is 0 Å². The van der Waals surface area contributed by atoms with Crippen LogP contribution < -0.4 is 5.32 Å². The lowest BCUT2D eigenvalue weighted by Gasteiger charge is -2.21. The van der Waals surface area contributed by atoms with Crippen LogP contribution in [0.15, 0.2) is 0 Å². The van der Waals surface area contributed by atoms with E-state index >= 15 is 0 Å². The van der Waals surface area contributed by atoms with Gasteiger partial charge in [0.25, 0.3) is 0 Å². The summed E-state index contributed by atoms with van der Waals surface area (Å²) in [6.45, 7) is 5.13. The molecule has 0 aromatic heterocycles. The smallest absolute Gasteiger partial charge is 0.00192 e. The van der Waals surface area contributed by atoms with E-state index in [1.54, 1.807) is 0 Å². The van der Waals surface area contributed by atoms with Gasteiger partial charge in [-0.15, -0.1) is 0 Å². The first-order chi connectivity index (χ1) is 8.34. The lowest BCUT2D eigenvalue weighted by molar-refractivity contribution is 0.344. The zero-order valence-corrected chi connectivity index (χ0v) is 11.6. The van der Waals surface area contributed by atoms with Gasteiger partial charge in [0.05, 0.1) is 0 Å². The molecular weight excluding hydrogens is 208 g/mol. The average molecular weight is 238 g/mol. The molecule has 0 radical (unpaired) electrons. The highest BCUT2D eigenvalue weighted by molar-refractivity contribution is 4.75. The minimum Gasteiger partial charge on any atom is -0.316 e. The van der Waals surface area contributed by atoms with E-state index in [9.17, 15) is 0 Å². The van der Waals surface area contributed by atoms with E-state index < -0.39 is 0 Å². The molecule has 1 atom stereocenters. The molecule has 1 aliphatic carbocycles. The molecule has 2 rings (SSSR count). The summed E-state index contributed by atoms with van der Waals surface area (Å²) in [5, 5.41) is 3.74. The van der Waals surface area contributed by atoms with Crippen LogP contribution in [0.4, 0.5) is 0 Å². The Hall–Kier alpha value is -0.0800. The van der Waals surface area contributed by atoms with Gasteiger partial charge in [0.2, 0.25) is 0 Å². The van der Waals surface area contributed by atoms with Gasteiger partial charge in [0, 0.05) is 6.54 Å². The molecule has 2 heteroatoms. The number of likely N-dealkylation sites (tertiary alicyclic amines) is 1. The fourth-order valence-corrected chi connectivity index (χ4v) is 3.43. The van der Waals surface area contributed by atoms with E-state index in [1.165, 1.54) is 77.5 Å². The summed E-state index contributed by atoms with van der Waals surface area (Å²) in [7, 11) is 2.24. The lowest BCUT2D eigenvalue weighted by Crippen LogP contribution is -2.29. The van der Waals surface area contributed by atoms with Crippen molar-refractivity contribution >= 4 is 0 Å². The number of nitrogens with zero attached hydrogens (tertiary/aromatic N) is 1. The van der Waals surface area contributed by atoms with E-state index in [0.29, 0.717) is 0 Å². The molecule has 1 heterocycles. The van der Waals surface area contributed by atoms with Crippen LogP contribution in [-0.4, -0.2) is 38.1 Å². The standard InChI is InChI=1S/C15H30N2/c1-17-10-9-15(13-17)12-16-11-14-7-5-3-2-4-6-8-14/h14-16H,2-13H2,1H3. The Morgan fingerprint density at radius 1 is 0.882 bits per heavy atom. The van der Waals surface area contributed by atoms with Crippen molar-refractivity contribution in [3.8, 4) is 0 Å². The van der Waals surface area contributed by atoms with E-state index in [1.807, 2.05) is 0 Å². The van der Waals surface area contributed by atoms with Gasteiger partial charge in [0.1, 0.15) is 0 Å². The predicted octanol–water partition coefficient (Wildman–Crippen LogP) is 2.89. The first-order valence-electron chi connectivity index (χ1n) is 7.74. The molecule has 0 amide bonds. The summed E-state index contributed by atoms with van der Waals surface area (Å²) in [4.78, 5) is 2.46. The van der Waals surface area contributed by atoms with Crippen molar-refractivity contribution in [1.82, 2.24) is 10.2 Å². The summed E-state index contributed by atoms with van der Waals surface area (Å²) in [5.41, 5.74) is 0. The first-order valence-corrected chi connectivity index (χ1v) is 7.74. The molecule has 0 spiro atoms. The van der Waals surface area contributed by atoms with Crippen molar-refractivity contribution in [3.05, 3.63) is 0 Å². The summed E-state index contributed by atoms with van der Waals surface area (Å²) in [6, 6.07) is 0. The molecule has 1 saturated carbocycles. The zero-order chi connectivity index (χ0) is 11.9. The van der Waals surface area contributed by atoms with E-state index in [4.69, 9.17) is 0 Å². The van der Waals surface area contributed by atoms with Crippen molar-refractivity contribution in [2.45, 2.75) is 51.4 Å². The highest BCUT2D eigenvalue weighted by atomic mass is 15.1. The maximum absolute atomic E-state index is 3.74. The van der Waals surface area contributed by atoms with Crippen LogP contribution in [0.5, 0.6) is 0 Å². The van der Waals surface area contributed by atoms with Gasteiger partial charge in [-0.3, -0.25) is 0 Å². The minimum absolute atomic E-state index is 0.911. The van der Waals surface area contributed by atoms with Gasteiger partial charge in [-0.05, 0) is 57.8 Å². The molecule has 1 unspecified atom stereocenters. The number of hydrogen-bond donors (Lipinski definition) is 1. The molecule has 0 bridgehead atoms. The second-order valence-electron chi connectivity index (χ2n) is 6.29. The fourth-order valence-electron chi connectivity index (χ4n) is 3.43. The second kappa shape index (κ2) is 7.38. The summed E-state index contributed by atoms with van der Waals surface area (Å²) >= 11 is 0. The molecule has 1 N–H and O–H groups in total.